The molecule has 0 saturated heterocycles. The molecule has 0 radical (unpaired) electrons. The summed E-state index contributed by atoms with van der Waals surface area (Å²) in [6.45, 7) is 0. The Kier molecular flexibility index (Phi) is 1.71. The molecular formula is C9H12N2O. The van der Waals surface area contributed by atoms with Gasteiger partial charge in [-0.25, -0.2) is 0 Å². The van der Waals surface area contributed by atoms with Gasteiger partial charge in [0.2, 0.25) is 0 Å². The average Bonchev–Trinajstić information content (AvgIpc) is 2.12. The minimum absolute atomic E-state index is 0.00986. The summed E-state index contributed by atoms with van der Waals surface area (Å²) in [5.41, 5.74) is 2.26. The minimum Gasteiger partial charge on any atom is -0.313 e. The third kappa shape index (κ3) is 1.05. The van der Waals surface area contributed by atoms with E-state index in [2.05, 4.69) is 4.98 Å². The number of aromatic nitrogens is 2. The van der Waals surface area contributed by atoms with E-state index in [9.17, 15) is 4.79 Å². The molecule has 1 aliphatic carbocycles. The Bertz CT molecular complexity index is 354. The van der Waals surface area contributed by atoms with Crippen LogP contribution in [0.25, 0.3) is 0 Å². The first-order chi connectivity index (χ1) is 5.79. The molecule has 1 aliphatic rings. The molecule has 12 heavy (non-hydrogen) atoms. The highest BCUT2D eigenvalue weighted by atomic mass is 16.1. The summed E-state index contributed by atoms with van der Waals surface area (Å²) in [4.78, 5) is 15.3. The van der Waals surface area contributed by atoms with Gasteiger partial charge in [-0.15, -0.1) is 0 Å². The quantitative estimate of drug-likeness (QED) is 0.564. The highest BCUT2D eigenvalue weighted by Crippen LogP contribution is 2.16. The average molecular weight is 164 g/mol. The SMILES string of the molecule is Cn1c2c(ncc1=O)CCCC2. The van der Waals surface area contributed by atoms with Gasteiger partial charge in [-0.1, -0.05) is 0 Å². The molecule has 1 aromatic rings. The zero-order chi connectivity index (χ0) is 8.55. The van der Waals surface area contributed by atoms with E-state index in [-0.39, 0.29) is 5.56 Å². The fourth-order valence-electron chi connectivity index (χ4n) is 1.73. The molecule has 1 aromatic heterocycles. The van der Waals surface area contributed by atoms with Crippen LogP contribution < -0.4 is 5.56 Å². The largest absolute Gasteiger partial charge is 0.313 e. The van der Waals surface area contributed by atoms with Crippen molar-refractivity contribution in [1.29, 1.82) is 0 Å². The summed E-state index contributed by atoms with van der Waals surface area (Å²) >= 11 is 0. The molecule has 64 valence electrons. The number of nitrogens with zero attached hydrogens (tertiary/aromatic N) is 2. The summed E-state index contributed by atoms with van der Waals surface area (Å²) in [5, 5.41) is 0. The highest BCUT2D eigenvalue weighted by Gasteiger charge is 2.12. The fraction of sp³-hybridized carbons (Fsp3) is 0.556. The lowest BCUT2D eigenvalue weighted by molar-refractivity contribution is 0.604. The van der Waals surface area contributed by atoms with Gasteiger partial charge in [-0.3, -0.25) is 9.78 Å². The molecule has 0 fully saturated rings. The van der Waals surface area contributed by atoms with E-state index in [1.165, 1.54) is 19.0 Å². The van der Waals surface area contributed by atoms with E-state index in [4.69, 9.17) is 0 Å². The van der Waals surface area contributed by atoms with Crippen molar-refractivity contribution in [3.63, 3.8) is 0 Å². The molecule has 0 amide bonds. The Balaban J connectivity index is 2.61. The summed E-state index contributed by atoms with van der Waals surface area (Å²) in [6, 6.07) is 0. The van der Waals surface area contributed by atoms with Crippen LogP contribution >= 0.6 is 0 Å². The van der Waals surface area contributed by atoms with Crippen molar-refractivity contribution in [2.24, 2.45) is 7.05 Å². The van der Waals surface area contributed by atoms with Crippen molar-refractivity contribution in [1.82, 2.24) is 9.55 Å². The van der Waals surface area contributed by atoms with E-state index >= 15 is 0 Å². The zero-order valence-corrected chi connectivity index (χ0v) is 7.21. The van der Waals surface area contributed by atoms with Gasteiger partial charge in [-0.05, 0) is 25.7 Å². The van der Waals surface area contributed by atoms with Gasteiger partial charge in [0.15, 0.2) is 0 Å². The first-order valence-electron chi connectivity index (χ1n) is 4.33. The van der Waals surface area contributed by atoms with Crippen LogP contribution in [-0.4, -0.2) is 9.55 Å². The Morgan fingerprint density at radius 1 is 1.42 bits per heavy atom. The standard InChI is InChI=1S/C9H12N2O/c1-11-8-5-3-2-4-7(8)10-6-9(11)12/h6H,2-5H2,1H3. The van der Waals surface area contributed by atoms with Gasteiger partial charge in [-0.2, -0.15) is 0 Å². The van der Waals surface area contributed by atoms with Crippen LogP contribution in [0.1, 0.15) is 24.2 Å². The molecule has 0 spiro atoms. The normalized spacial score (nSPS) is 15.8. The molecule has 3 heteroatoms. The molecule has 0 atom stereocenters. The Hall–Kier alpha value is -1.12. The van der Waals surface area contributed by atoms with Crippen molar-refractivity contribution in [3.8, 4) is 0 Å². The van der Waals surface area contributed by atoms with Crippen LogP contribution in [0, 0.1) is 0 Å². The lowest BCUT2D eigenvalue weighted by Crippen LogP contribution is -2.24. The first-order valence-corrected chi connectivity index (χ1v) is 4.33. The van der Waals surface area contributed by atoms with Gasteiger partial charge in [0.25, 0.3) is 5.56 Å². The second-order valence-electron chi connectivity index (χ2n) is 3.26. The second kappa shape index (κ2) is 2.73. The number of rotatable bonds is 0. The lowest BCUT2D eigenvalue weighted by Gasteiger charge is -2.16. The van der Waals surface area contributed by atoms with Crippen molar-refractivity contribution in [2.75, 3.05) is 0 Å². The lowest BCUT2D eigenvalue weighted by atomic mass is 10.0. The van der Waals surface area contributed by atoms with E-state index < -0.39 is 0 Å². The molecule has 0 aliphatic heterocycles. The van der Waals surface area contributed by atoms with Crippen LogP contribution in [0.15, 0.2) is 11.0 Å². The predicted molar refractivity (Wildman–Crippen MR) is 46.1 cm³/mol. The van der Waals surface area contributed by atoms with Crippen LogP contribution in [-0.2, 0) is 19.9 Å². The maximum absolute atomic E-state index is 11.2. The van der Waals surface area contributed by atoms with Crippen LogP contribution in [0.2, 0.25) is 0 Å². The highest BCUT2D eigenvalue weighted by molar-refractivity contribution is 5.15. The third-order valence-electron chi connectivity index (χ3n) is 2.48. The van der Waals surface area contributed by atoms with Crippen molar-refractivity contribution >= 4 is 0 Å². The Labute approximate surface area is 71.1 Å². The van der Waals surface area contributed by atoms with Crippen molar-refractivity contribution < 1.29 is 0 Å². The van der Waals surface area contributed by atoms with Gasteiger partial charge in [0, 0.05) is 12.7 Å². The Morgan fingerprint density at radius 2 is 2.17 bits per heavy atom. The smallest absolute Gasteiger partial charge is 0.268 e. The fourth-order valence-corrected chi connectivity index (χ4v) is 1.73. The molecule has 0 saturated carbocycles. The predicted octanol–water partition coefficient (Wildman–Crippen LogP) is 0.659. The van der Waals surface area contributed by atoms with Gasteiger partial charge >= 0.3 is 0 Å². The van der Waals surface area contributed by atoms with Crippen LogP contribution in [0.4, 0.5) is 0 Å². The monoisotopic (exact) mass is 164 g/mol. The van der Waals surface area contributed by atoms with E-state index in [1.807, 2.05) is 7.05 Å². The van der Waals surface area contributed by atoms with Gasteiger partial charge in [0.1, 0.15) is 0 Å². The Morgan fingerprint density at radius 3 is 3.00 bits per heavy atom. The molecule has 2 rings (SSSR count). The van der Waals surface area contributed by atoms with Crippen molar-refractivity contribution in [2.45, 2.75) is 25.7 Å². The molecule has 0 bridgehead atoms. The summed E-state index contributed by atoms with van der Waals surface area (Å²) in [7, 11) is 1.83. The van der Waals surface area contributed by atoms with Crippen LogP contribution in [0.5, 0.6) is 0 Å². The summed E-state index contributed by atoms with van der Waals surface area (Å²) in [6.07, 6.45) is 5.85. The van der Waals surface area contributed by atoms with Crippen LogP contribution in [0.3, 0.4) is 0 Å². The van der Waals surface area contributed by atoms with E-state index in [0.29, 0.717) is 0 Å². The molecule has 1 heterocycles. The number of aryl methyl sites for hydroxylation is 1. The maximum atomic E-state index is 11.2. The topological polar surface area (TPSA) is 34.9 Å². The molecule has 0 N–H and O–H groups in total. The van der Waals surface area contributed by atoms with Crippen molar-refractivity contribution in [3.05, 3.63) is 27.9 Å². The zero-order valence-electron chi connectivity index (χ0n) is 7.21. The number of hydrogen-bond acceptors (Lipinski definition) is 2. The maximum Gasteiger partial charge on any atom is 0.268 e. The van der Waals surface area contributed by atoms with E-state index in [0.717, 1.165) is 24.2 Å². The third-order valence-corrected chi connectivity index (χ3v) is 2.48. The molecular weight excluding hydrogens is 152 g/mol. The number of fused-ring (bicyclic) bond motifs is 1. The molecule has 0 unspecified atom stereocenters. The van der Waals surface area contributed by atoms with Gasteiger partial charge < -0.3 is 4.57 Å². The molecule has 0 aromatic carbocycles. The number of hydrogen-bond donors (Lipinski definition) is 0. The summed E-state index contributed by atoms with van der Waals surface area (Å²) in [5.74, 6) is 0. The summed E-state index contributed by atoms with van der Waals surface area (Å²) < 4.78 is 1.72. The van der Waals surface area contributed by atoms with E-state index in [1.54, 1.807) is 4.57 Å². The van der Waals surface area contributed by atoms with Gasteiger partial charge in [0.05, 0.1) is 11.9 Å². The minimum atomic E-state index is 0.00986. The second-order valence-corrected chi connectivity index (χ2v) is 3.26. The first kappa shape index (κ1) is 7.53. The molecule has 3 nitrogen and oxygen atoms in total.